The Morgan fingerprint density at radius 2 is 1.89 bits per heavy atom. The number of hydrogen-bond acceptors (Lipinski definition) is 3. The number of rotatable bonds is 4. The molecule has 0 saturated heterocycles. The van der Waals surface area contributed by atoms with Gasteiger partial charge in [0.2, 0.25) is 0 Å². The van der Waals surface area contributed by atoms with Crippen LogP contribution in [0.5, 0.6) is 0 Å². The highest BCUT2D eigenvalue weighted by Crippen LogP contribution is 2.44. The minimum absolute atomic E-state index is 0.111. The van der Waals surface area contributed by atoms with Gasteiger partial charge in [-0.15, -0.1) is 0 Å². The van der Waals surface area contributed by atoms with Crippen molar-refractivity contribution in [3.63, 3.8) is 0 Å². The minimum atomic E-state index is -0.927. The molecule has 3 nitrogen and oxygen atoms in total. The number of carbonyl (C=O) groups excluding carboxylic acids is 2. The predicted octanol–water partition coefficient (Wildman–Crippen LogP) is 3.37. The molecule has 1 aliphatic rings. The van der Waals surface area contributed by atoms with Gasteiger partial charge in [0.05, 0.1) is 6.61 Å². The second-order valence-corrected chi connectivity index (χ2v) is 5.41. The second-order valence-electron chi connectivity index (χ2n) is 4.49. The third kappa shape index (κ3) is 2.21. The maximum Gasteiger partial charge on any atom is 0.320 e. The number of Topliss-reactive ketones (excluding diaryl/α,β-unsaturated/α-hetero) is 1. The number of esters is 1. The van der Waals surface area contributed by atoms with E-state index >= 15 is 0 Å². The van der Waals surface area contributed by atoms with E-state index in [1.54, 1.807) is 19.1 Å². The molecule has 0 spiro atoms. The number of hydrogen-bond donors (Lipinski definition) is 0. The first-order valence-electron chi connectivity index (χ1n) is 6.08. The lowest BCUT2D eigenvalue weighted by molar-refractivity contribution is -0.156. The Kier molecular flexibility index (Phi) is 3.85. The molecule has 0 N–H and O–H groups in total. The fraction of sp³-hybridized carbons (Fsp3) is 0.429. The lowest BCUT2D eigenvalue weighted by Crippen LogP contribution is -2.46. The molecule has 0 radical (unpaired) electrons. The Bertz CT molecular complexity index is 460. The Hall–Kier alpha value is -1.16. The van der Waals surface area contributed by atoms with Crippen molar-refractivity contribution in [2.45, 2.75) is 26.2 Å². The topological polar surface area (TPSA) is 43.4 Å². The van der Waals surface area contributed by atoms with Gasteiger partial charge in [-0.05, 0) is 31.9 Å². The summed E-state index contributed by atoms with van der Waals surface area (Å²) in [5.41, 5.74) is -0.352. The number of benzene rings is 1. The third-order valence-electron chi connectivity index (χ3n) is 3.41. The van der Waals surface area contributed by atoms with Crippen LogP contribution in [0.4, 0.5) is 0 Å². The first-order valence-corrected chi connectivity index (χ1v) is 6.87. The van der Waals surface area contributed by atoms with Gasteiger partial charge in [0.25, 0.3) is 0 Å². The van der Waals surface area contributed by atoms with E-state index in [4.69, 9.17) is 4.74 Å². The normalized spacial score (nSPS) is 16.8. The van der Waals surface area contributed by atoms with Crippen molar-refractivity contribution in [1.29, 1.82) is 0 Å². The van der Waals surface area contributed by atoms with Crippen LogP contribution in [-0.2, 0) is 9.53 Å². The molecule has 0 atom stereocenters. The van der Waals surface area contributed by atoms with Gasteiger partial charge in [-0.2, -0.15) is 0 Å². The summed E-state index contributed by atoms with van der Waals surface area (Å²) in [7, 11) is 0. The van der Waals surface area contributed by atoms with Gasteiger partial charge in [0.1, 0.15) is 5.41 Å². The molecule has 0 aromatic heterocycles. The molecule has 96 valence electrons. The second kappa shape index (κ2) is 5.22. The van der Waals surface area contributed by atoms with Crippen LogP contribution in [0.2, 0.25) is 0 Å². The van der Waals surface area contributed by atoms with Crippen LogP contribution in [0.3, 0.4) is 0 Å². The molecule has 1 fully saturated rings. The molecule has 1 aliphatic carbocycles. The van der Waals surface area contributed by atoms with E-state index in [2.05, 4.69) is 15.9 Å². The zero-order valence-electron chi connectivity index (χ0n) is 10.2. The Balaban J connectivity index is 2.25. The lowest BCUT2D eigenvalue weighted by Gasteiger charge is -2.37. The van der Waals surface area contributed by atoms with Gasteiger partial charge in [-0.3, -0.25) is 9.59 Å². The number of ether oxygens (including phenoxy) is 1. The maximum absolute atomic E-state index is 12.5. The summed E-state index contributed by atoms with van der Waals surface area (Å²) < 4.78 is 5.96. The lowest BCUT2D eigenvalue weighted by atomic mass is 9.64. The van der Waals surface area contributed by atoms with Crippen LogP contribution in [0.15, 0.2) is 28.7 Å². The van der Waals surface area contributed by atoms with Crippen molar-refractivity contribution in [2.24, 2.45) is 5.41 Å². The zero-order chi connectivity index (χ0) is 13.2. The highest BCUT2D eigenvalue weighted by atomic mass is 79.9. The van der Waals surface area contributed by atoms with Crippen molar-refractivity contribution in [3.8, 4) is 0 Å². The molecule has 4 heteroatoms. The Morgan fingerprint density at radius 3 is 2.33 bits per heavy atom. The number of carbonyl (C=O) groups is 2. The largest absolute Gasteiger partial charge is 0.465 e. The van der Waals surface area contributed by atoms with Crippen LogP contribution in [-0.4, -0.2) is 18.4 Å². The van der Waals surface area contributed by atoms with Gasteiger partial charge in [-0.1, -0.05) is 34.5 Å². The zero-order valence-corrected chi connectivity index (χ0v) is 11.8. The quantitative estimate of drug-likeness (QED) is 0.486. The molecule has 1 aromatic carbocycles. The fourth-order valence-corrected chi connectivity index (χ4v) is 2.47. The van der Waals surface area contributed by atoms with E-state index in [0.29, 0.717) is 25.0 Å². The first kappa shape index (κ1) is 13.3. The van der Waals surface area contributed by atoms with Crippen molar-refractivity contribution >= 4 is 27.7 Å². The van der Waals surface area contributed by atoms with Gasteiger partial charge in [0.15, 0.2) is 5.78 Å². The summed E-state index contributed by atoms with van der Waals surface area (Å²) in [6.07, 6.45) is 2.10. The fourth-order valence-electron chi connectivity index (χ4n) is 2.20. The van der Waals surface area contributed by atoms with Gasteiger partial charge >= 0.3 is 5.97 Å². The summed E-state index contributed by atoms with van der Waals surface area (Å²) in [6.45, 7) is 2.07. The van der Waals surface area contributed by atoms with E-state index in [-0.39, 0.29) is 11.8 Å². The van der Waals surface area contributed by atoms with Crippen LogP contribution >= 0.6 is 15.9 Å². The summed E-state index contributed by atoms with van der Waals surface area (Å²) in [5, 5.41) is 0. The smallest absolute Gasteiger partial charge is 0.320 e. The van der Waals surface area contributed by atoms with Crippen LogP contribution in [0, 0.1) is 5.41 Å². The van der Waals surface area contributed by atoms with E-state index in [0.717, 1.165) is 10.9 Å². The van der Waals surface area contributed by atoms with Gasteiger partial charge in [0, 0.05) is 10.0 Å². The summed E-state index contributed by atoms with van der Waals surface area (Å²) in [5.74, 6) is -0.483. The number of halogens is 1. The molecule has 2 rings (SSSR count). The third-order valence-corrected chi connectivity index (χ3v) is 3.94. The highest BCUT2D eigenvalue weighted by molar-refractivity contribution is 9.10. The van der Waals surface area contributed by atoms with E-state index < -0.39 is 5.41 Å². The van der Waals surface area contributed by atoms with Crippen LogP contribution in [0.1, 0.15) is 36.5 Å². The summed E-state index contributed by atoms with van der Waals surface area (Å²) in [4.78, 5) is 24.4. The van der Waals surface area contributed by atoms with E-state index in [1.165, 1.54) is 0 Å². The Morgan fingerprint density at radius 1 is 1.28 bits per heavy atom. The monoisotopic (exact) mass is 310 g/mol. The van der Waals surface area contributed by atoms with E-state index in [1.807, 2.05) is 12.1 Å². The molecular weight excluding hydrogens is 296 g/mol. The van der Waals surface area contributed by atoms with Crippen molar-refractivity contribution < 1.29 is 14.3 Å². The molecule has 1 aromatic rings. The molecule has 0 bridgehead atoms. The first-order chi connectivity index (χ1) is 8.60. The van der Waals surface area contributed by atoms with Gasteiger partial charge in [-0.25, -0.2) is 0 Å². The van der Waals surface area contributed by atoms with Crippen molar-refractivity contribution in [1.82, 2.24) is 0 Å². The van der Waals surface area contributed by atoms with Gasteiger partial charge < -0.3 is 4.74 Å². The number of ketones is 1. The summed E-state index contributed by atoms with van der Waals surface area (Å²) >= 11 is 3.33. The highest BCUT2D eigenvalue weighted by Gasteiger charge is 2.52. The standard InChI is InChI=1S/C14H15BrO3/c1-2-18-13(17)14(8-3-9-14)12(16)10-4-6-11(15)7-5-10/h4-7H,2-3,8-9H2,1H3. The molecule has 0 aliphatic heterocycles. The predicted molar refractivity (Wildman–Crippen MR) is 71.4 cm³/mol. The SMILES string of the molecule is CCOC(=O)C1(C(=O)c2ccc(Br)cc2)CCC1. The van der Waals surface area contributed by atoms with E-state index in [9.17, 15) is 9.59 Å². The average molecular weight is 311 g/mol. The van der Waals surface area contributed by atoms with Crippen molar-refractivity contribution in [3.05, 3.63) is 34.3 Å². The molecule has 1 saturated carbocycles. The summed E-state index contributed by atoms with van der Waals surface area (Å²) in [6, 6.07) is 7.10. The molecule has 18 heavy (non-hydrogen) atoms. The molecule has 0 unspecified atom stereocenters. The van der Waals surface area contributed by atoms with Crippen molar-refractivity contribution in [2.75, 3.05) is 6.61 Å². The maximum atomic E-state index is 12.5. The molecule has 0 heterocycles. The van der Waals surface area contributed by atoms with Crippen LogP contribution in [0.25, 0.3) is 0 Å². The minimum Gasteiger partial charge on any atom is -0.465 e. The van der Waals surface area contributed by atoms with Crippen LogP contribution < -0.4 is 0 Å². The molecular formula is C14H15BrO3. The Labute approximate surface area is 115 Å². The molecule has 0 amide bonds. The average Bonchev–Trinajstić information content (AvgIpc) is 2.28.